The topological polar surface area (TPSA) is 77.1 Å². The van der Waals surface area contributed by atoms with Crippen LogP contribution in [0.2, 0.25) is 0 Å². The summed E-state index contributed by atoms with van der Waals surface area (Å²) in [5.41, 5.74) is 2.99. The van der Waals surface area contributed by atoms with Crippen LogP contribution in [-0.4, -0.2) is 31.9 Å². The van der Waals surface area contributed by atoms with Crippen LogP contribution >= 0.6 is 0 Å². The van der Waals surface area contributed by atoms with Gasteiger partial charge in [-0.3, -0.25) is 0 Å². The molecule has 0 aliphatic carbocycles. The first-order valence-corrected chi connectivity index (χ1v) is 12.4. The lowest BCUT2D eigenvalue weighted by molar-refractivity contribution is -0.138. The number of anilines is 1. The van der Waals surface area contributed by atoms with E-state index >= 15 is 0 Å². The molecule has 0 aromatic heterocycles. The Balaban J connectivity index is 1.71. The molecule has 3 atom stereocenters. The molecule has 0 fully saturated rings. The highest BCUT2D eigenvalue weighted by atomic mass is 16.5. The van der Waals surface area contributed by atoms with Crippen molar-refractivity contribution in [1.82, 2.24) is 5.32 Å². The third-order valence-electron chi connectivity index (χ3n) is 6.44. The van der Waals surface area contributed by atoms with Gasteiger partial charge in [-0.2, -0.15) is 0 Å². The van der Waals surface area contributed by atoms with Gasteiger partial charge in [0.25, 0.3) is 0 Å². The molecule has 4 rings (SSSR count). The van der Waals surface area contributed by atoms with Crippen molar-refractivity contribution in [1.29, 1.82) is 0 Å². The lowest BCUT2D eigenvalue weighted by Crippen LogP contribution is -2.56. The lowest BCUT2D eigenvalue weighted by Gasteiger charge is -2.44. The molecule has 192 valence electrons. The molecule has 7 heteroatoms. The predicted octanol–water partition coefficient (Wildman–Crippen LogP) is 5.63. The standard InChI is InChI=1S/C30H32N2O5/c1-4-36-29(33)27-19-26(23-13-9-6-10-14-23)21(2)28(32(27)24-15-17-25(35-3)18-16-24)31-30(34)37-20-22-11-7-5-8-12-22/h5-19,21,26,28H,4,20H2,1-3H3,(H,31,34)/t21-,26+,28-/m1/s1. The molecule has 7 nitrogen and oxygen atoms in total. The van der Waals surface area contributed by atoms with E-state index in [4.69, 9.17) is 14.2 Å². The second-order valence-corrected chi connectivity index (χ2v) is 8.79. The zero-order valence-corrected chi connectivity index (χ0v) is 21.3. The number of ether oxygens (including phenoxy) is 3. The average Bonchev–Trinajstić information content (AvgIpc) is 2.94. The Kier molecular flexibility index (Phi) is 8.46. The van der Waals surface area contributed by atoms with Crippen molar-refractivity contribution in [2.45, 2.75) is 32.5 Å². The zero-order valence-electron chi connectivity index (χ0n) is 21.3. The fourth-order valence-electron chi connectivity index (χ4n) is 4.55. The van der Waals surface area contributed by atoms with Gasteiger partial charge in [0, 0.05) is 17.5 Å². The molecule has 1 amide bonds. The molecule has 1 aliphatic rings. The number of hydrogen-bond donors (Lipinski definition) is 1. The smallest absolute Gasteiger partial charge is 0.409 e. The Morgan fingerprint density at radius 2 is 1.54 bits per heavy atom. The molecule has 3 aromatic carbocycles. The van der Waals surface area contributed by atoms with Gasteiger partial charge in [0.2, 0.25) is 0 Å². The van der Waals surface area contributed by atoms with Crippen LogP contribution in [0.25, 0.3) is 0 Å². The maximum atomic E-state index is 13.2. The first kappa shape index (κ1) is 25.8. The summed E-state index contributed by atoms with van der Waals surface area (Å²) in [7, 11) is 1.60. The molecule has 37 heavy (non-hydrogen) atoms. The summed E-state index contributed by atoms with van der Waals surface area (Å²) in [5.74, 6) is -0.0403. The van der Waals surface area contributed by atoms with Gasteiger partial charge >= 0.3 is 12.1 Å². The third-order valence-corrected chi connectivity index (χ3v) is 6.44. The minimum Gasteiger partial charge on any atom is -0.497 e. The summed E-state index contributed by atoms with van der Waals surface area (Å²) in [6, 6.07) is 26.8. The van der Waals surface area contributed by atoms with E-state index in [1.807, 2.05) is 95.9 Å². The van der Waals surface area contributed by atoms with Crippen LogP contribution in [0.4, 0.5) is 10.5 Å². The zero-order chi connectivity index (χ0) is 26.2. The molecule has 0 saturated heterocycles. The summed E-state index contributed by atoms with van der Waals surface area (Å²) in [6.45, 7) is 4.19. The van der Waals surface area contributed by atoms with Crippen molar-refractivity contribution >= 4 is 17.7 Å². The molecule has 3 aromatic rings. The van der Waals surface area contributed by atoms with E-state index in [2.05, 4.69) is 12.2 Å². The van der Waals surface area contributed by atoms with Crippen molar-refractivity contribution in [3.8, 4) is 5.75 Å². The second kappa shape index (κ2) is 12.1. The highest BCUT2D eigenvalue weighted by molar-refractivity contribution is 5.94. The highest BCUT2D eigenvalue weighted by Crippen LogP contribution is 2.40. The molecule has 1 heterocycles. The minimum absolute atomic E-state index is 0.119. The van der Waals surface area contributed by atoms with E-state index in [9.17, 15) is 9.59 Å². The Bertz CT molecular complexity index is 1210. The summed E-state index contributed by atoms with van der Waals surface area (Å²) in [5, 5.41) is 3.03. The third kappa shape index (κ3) is 6.12. The highest BCUT2D eigenvalue weighted by Gasteiger charge is 2.41. The molecular weight excluding hydrogens is 468 g/mol. The maximum absolute atomic E-state index is 13.2. The van der Waals surface area contributed by atoms with Crippen molar-refractivity contribution in [2.75, 3.05) is 18.6 Å². The van der Waals surface area contributed by atoms with Gasteiger partial charge in [0.15, 0.2) is 0 Å². The minimum atomic E-state index is -0.591. The SMILES string of the molecule is CCOC(=O)C1=C[C@H](c2ccccc2)[C@@H](C)[C@H](NC(=O)OCc2ccccc2)N1c1ccc(OC)cc1. The van der Waals surface area contributed by atoms with Crippen molar-refractivity contribution in [3.63, 3.8) is 0 Å². The van der Waals surface area contributed by atoms with E-state index in [1.54, 1.807) is 14.0 Å². The van der Waals surface area contributed by atoms with E-state index in [0.717, 1.165) is 11.1 Å². The molecule has 0 radical (unpaired) electrons. The maximum Gasteiger partial charge on any atom is 0.409 e. The van der Waals surface area contributed by atoms with Crippen LogP contribution in [0.3, 0.4) is 0 Å². The van der Waals surface area contributed by atoms with Gasteiger partial charge in [-0.05, 0) is 48.4 Å². The first-order valence-electron chi connectivity index (χ1n) is 12.4. The molecule has 1 aliphatic heterocycles. The predicted molar refractivity (Wildman–Crippen MR) is 142 cm³/mol. The number of hydrogen-bond acceptors (Lipinski definition) is 6. The van der Waals surface area contributed by atoms with Crippen molar-refractivity contribution in [2.24, 2.45) is 5.92 Å². The monoisotopic (exact) mass is 500 g/mol. The summed E-state index contributed by atoms with van der Waals surface area (Å²) in [6.07, 6.45) is 0.762. The number of carbonyl (C=O) groups excluding carboxylic acids is 2. The van der Waals surface area contributed by atoms with Crippen LogP contribution in [0.15, 0.2) is 96.7 Å². The first-order chi connectivity index (χ1) is 18.0. The Morgan fingerprint density at radius 3 is 2.16 bits per heavy atom. The fraction of sp³-hybridized carbons (Fsp3) is 0.267. The Hall–Kier alpha value is -4.26. The number of alkyl carbamates (subject to hydrolysis) is 1. The van der Waals surface area contributed by atoms with Crippen LogP contribution in [0.1, 0.15) is 30.9 Å². The lowest BCUT2D eigenvalue weighted by atomic mass is 9.81. The van der Waals surface area contributed by atoms with Gasteiger partial charge < -0.3 is 24.4 Å². The quantitative estimate of drug-likeness (QED) is 0.404. The number of nitrogens with one attached hydrogen (secondary N) is 1. The number of nitrogens with zero attached hydrogens (tertiary/aromatic N) is 1. The van der Waals surface area contributed by atoms with Gasteiger partial charge in [-0.15, -0.1) is 0 Å². The van der Waals surface area contributed by atoms with Gasteiger partial charge in [-0.1, -0.05) is 67.6 Å². The number of allylic oxidation sites excluding steroid dienone is 1. The number of esters is 1. The summed E-state index contributed by atoms with van der Waals surface area (Å²) in [4.78, 5) is 28.1. The number of benzene rings is 3. The van der Waals surface area contributed by atoms with Gasteiger partial charge in [-0.25, -0.2) is 9.59 Å². The van der Waals surface area contributed by atoms with Crippen LogP contribution in [-0.2, 0) is 20.9 Å². The van der Waals surface area contributed by atoms with E-state index < -0.39 is 18.2 Å². The molecule has 0 spiro atoms. The summed E-state index contributed by atoms with van der Waals surface area (Å²) >= 11 is 0. The number of carbonyl (C=O) groups is 2. The second-order valence-electron chi connectivity index (χ2n) is 8.79. The van der Waals surface area contributed by atoms with Crippen LogP contribution in [0.5, 0.6) is 5.75 Å². The van der Waals surface area contributed by atoms with E-state index in [-0.39, 0.29) is 25.0 Å². The largest absolute Gasteiger partial charge is 0.497 e. The van der Waals surface area contributed by atoms with Gasteiger partial charge in [0.1, 0.15) is 24.2 Å². The average molecular weight is 501 g/mol. The van der Waals surface area contributed by atoms with Crippen LogP contribution in [0, 0.1) is 5.92 Å². The van der Waals surface area contributed by atoms with Gasteiger partial charge in [0.05, 0.1) is 13.7 Å². The molecule has 0 bridgehead atoms. The molecular formula is C30H32N2O5. The fourth-order valence-corrected chi connectivity index (χ4v) is 4.55. The van der Waals surface area contributed by atoms with E-state index in [1.165, 1.54) is 0 Å². The normalized spacial score (nSPS) is 18.9. The number of rotatable bonds is 8. The number of amides is 1. The Morgan fingerprint density at radius 1 is 0.892 bits per heavy atom. The molecule has 0 saturated carbocycles. The molecule has 1 N–H and O–H groups in total. The molecule has 0 unspecified atom stereocenters. The van der Waals surface area contributed by atoms with Crippen LogP contribution < -0.4 is 15.0 Å². The van der Waals surface area contributed by atoms with Crippen molar-refractivity contribution < 1.29 is 23.8 Å². The summed E-state index contributed by atoms with van der Waals surface area (Å²) < 4.78 is 16.3. The number of methoxy groups -OCH3 is 1. The van der Waals surface area contributed by atoms with Crippen molar-refractivity contribution in [3.05, 3.63) is 108 Å². The van der Waals surface area contributed by atoms with E-state index in [0.29, 0.717) is 17.1 Å². The Labute approximate surface area is 217 Å².